The zero-order valence-corrected chi connectivity index (χ0v) is 21.5. The Balaban J connectivity index is 1.32. The fourth-order valence-corrected chi connectivity index (χ4v) is 5.00. The van der Waals surface area contributed by atoms with Crippen molar-refractivity contribution < 1.29 is 23.7 Å². The van der Waals surface area contributed by atoms with Gasteiger partial charge in [0.15, 0.2) is 11.5 Å². The number of hydrogen-bond donors (Lipinski definition) is 0. The van der Waals surface area contributed by atoms with Gasteiger partial charge in [-0.25, -0.2) is 0 Å². The van der Waals surface area contributed by atoms with Crippen LogP contribution in [0.2, 0.25) is 0 Å². The van der Waals surface area contributed by atoms with Gasteiger partial charge < -0.3 is 23.8 Å². The highest BCUT2D eigenvalue weighted by Gasteiger charge is 2.33. The number of ether oxygens (including phenoxy) is 4. The van der Waals surface area contributed by atoms with Gasteiger partial charge in [-0.15, -0.1) is 0 Å². The molecule has 2 fully saturated rings. The number of carbonyl (C=O) groups excluding carboxylic acids is 1. The van der Waals surface area contributed by atoms with Crippen molar-refractivity contribution in [3.63, 3.8) is 0 Å². The fourth-order valence-electron chi connectivity index (χ4n) is 5.00. The van der Waals surface area contributed by atoms with Gasteiger partial charge in [0, 0.05) is 31.2 Å². The standard InChI is InChI=1S/C30H34N2O5/c1-34-26-10-5-22(6-11-26)20-36-28-14-9-24(30(33)32-17-16-31-15-3-4-25(31)19-32)18-29(28)37-21-23-7-12-27(35-2)13-8-23/h5-14,18,25H,3-4,15-17,19-21H2,1-2H3/t25-/m0/s1. The van der Waals surface area contributed by atoms with Crippen molar-refractivity contribution >= 4 is 5.91 Å². The molecule has 194 valence electrons. The van der Waals surface area contributed by atoms with E-state index in [1.807, 2.05) is 71.6 Å². The average molecular weight is 503 g/mol. The number of piperazine rings is 1. The lowest BCUT2D eigenvalue weighted by atomic mass is 10.1. The fraction of sp³-hybridized carbons (Fsp3) is 0.367. The summed E-state index contributed by atoms with van der Waals surface area (Å²) in [4.78, 5) is 17.9. The Morgan fingerprint density at radius 1 is 0.784 bits per heavy atom. The van der Waals surface area contributed by atoms with Gasteiger partial charge >= 0.3 is 0 Å². The van der Waals surface area contributed by atoms with Gasteiger partial charge in [0.1, 0.15) is 24.7 Å². The predicted molar refractivity (Wildman–Crippen MR) is 142 cm³/mol. The van der Waals surface area contributed by atoms with E-state index in [4.69, 9.17) is 18.9 Å². The number of methoxy groups -OCH3 is 2. The van der Waals surface area contributed by atoms with Crippen LogP contribution in [-0.4, -0.2) is 62.1 Å². The van der Waals surface area contributed by atoms with Gasteiger partial charge in [-0.05, 0) is 73.0 Å². The summed E-state index contributed by atoms with van der Waals surface area (Å²) in [5.41, 5.74) is 2.63. The molecule has 0 aliphatic carbocycles. The molecule has 2 aliphatic rings. The monoisotopic (exact) mass is 502 g/mol. The zero-order valence-electron chi connectivity index (χ0n) is 21.5. The third-order valence-electron chi connectivity index (χ3n) is 7.17. The summed E-state index contributed by atoms with van der Waals surface area (Å²) in [5, 5.41) is 0. The second kappa shape index (κ2) is 11.6. The number of benzene rings is 3. The second-order valence-corrected chi connectivity index (χ2v) is 9.52. The van der Waals surface area contributed by atoms with Gasteiger partial charge in [-0.2, -0.15) is 0 Å². The first-order valence-corrected chi connectivity index (χ1v) is 12.8. The number of amides is 1. The van der Waals surface area contributed by atoms with Crippen molar-refractivity contribution in [3.8, 4) is 23.0 Å². The lowest BCUT2D eigenvalue weighted by Gasteiger charge is -2.37. The second-order valence-electron chi connectivity index (χ2n) is 9.52. The molecule has 0 unspecified atom stereocenters. The van der Waals surface area contributed by atoms with Crippen LogP contribution in [0.25, 0.3) is 0 Å². The zero-order chi connectivity index (χ0) is 25.6. The SMILES string of the molecule is COc1ccc(COc2ccc(C(=O)N3CCN4CCC[C@H]4C3)cc2OCc2ccc(OC)cc2)cc1. The molecule has 0 saturated carbocycles. The molecule has 3 aromatic carbocycles. The van der Waals surface area contributed by atoms with Crippen molar-refractivity contribution in [2.75, 3.05) is 40.4 Å². The molecular weight excluding hydrogens is 468 g/mol. The van der Waals surface area contributed by atoms with Crippen LogP contribution in [-0.2, 0) is 13.2 Å². The van der Waals surface area contributed by atoms with Crippen molar-refractivity contribution in [1.29, 1.82) is 0 Å². The Bertz CT molecular complexity index is 1200. The molecular formula is C30H34N2O5. The number of fused-ring (bicyclic) bond motifs is 1. The number of nitrogens with zero attached hydrogens (tertiary/aromatic N) is 2. The summed E-state index contributed by atoms with van der Waals surface area (Å²) in [7, 11) is 3.29. The number of hydrogen-bond acceptors (Lipinski definition) is 6. The van der Waals surface area contributed by atoms with E-state index in [0.717, 1.165) is 55.2 Å². The van der Waals surface area contributed by atoms with Crippen LogP contribution >= 0.6 is 0 Å². The molecule has 1 amide bonds. The molecule has 7 nitrogen and oxygen atoms in total. The van der Waals surface area contributed by atoms with Gasteiger partial charge in [-0.3, -0.25) is 9.69 Å². The minimum absolute atomic E-state index is 0.0440. The van der Waals surface area contributed by atoms with Crippen molar-refractivity contribution in [2.24, 2.45) is 0 Å². The van der Waals surface area contributed by atoms with E-state index in [0.29, 0.717) is 36.3 Å². The Hall–Kier alpha value is -3.71. The molecule has 3 aromatic rings. The maximum Gasteiger partial charge on any atom is 0.254 e. The molecule has 7 heteroatoms. The molecule has 1 atom stereocenters. The Morgan fingerprint density at radius 3 is 2.03 bits per heavy atom. The highest BCUT2D eigenvalue weighted by molar-refractivity contribution is 5.95. The predicted octanol–water partition coefficient (Wildman–Crippen LogP) is 4.78. The normalized spacial score (nSPS) is 17.2. The van der Waals surface area contributed by atoms with Crippen LogP contribution in [0.5, 0.6) is 23.0 Å². The van der Waals surface area contributed by atoms with E-state index in [2.05, 4.69) is 4.90 Å². The van der Waals surface area contributed by atoms with Crippen LogP contribution in [0.1, 0.15) is 34.3 Å². The third-order valence-corrected chi connectivity index (χ3v) is 7.17. The highest BCUT2D eigenvalue weighted by atomic mass is 16.5. The van der Waals surface area contributed by atoms with Gasteiger partial charge in [0.05, 0.1) is 14.2 Å². The summed E-state index contributed by atoms with van der Waals surface area (Å²) in [6, 6.07) is 21.5. The molecule has 0 spiro atoms. The molecule has 5 rings (SSSR count). The molecule has 2 aliphatic heterocycles. The topological polar surface area (TPSA) is 60.5 Å². The molecule has 0 radical (unpaired) electrons. The quantitative estimate of drug-likeness (QED) is 0.420. The van der Waals surface area contributed by atoms with Crippen LogP contribution in [0.15, 0.2) is 66.7 Å². The van der Waals surface area contributed by atoms with Crippen LogP contribution in [0.3, 0.4) is 0 Å². The first kappa shape index (κ1) is 25.0. The summed E-state index contributed by atoms with van der Waals surface area (Å²) < 4.78 is 22.8. The average Bonchev–Trinajstić information content (AvgIpc) is 3.43. The van der Waals surface area contributed by atoms with Crippen molar-refractivity contribution in [3.05, 3.63) is 83.4 Å². The van der Waals surface area contributed by atoms with Gasteiger partial charge in [-0.1, -0.05) is 24.3 Å². The van der Waals surface area contributed by atoms with Crippen molar-refractivity contribution in [1.82, 2.24) is 9.80 Å². The van der Waals surface area contributed by atoms with E-state index < -0.39 is 0 Å². The number of rotatable bonds is 9. The van der Waals surface area contributed by atoms with E-state index in [1.165, 1.54) is 6.42 Å². The van der Waals surface area contributed by atoms with E-state index in [9.17, 15) is 4.79 Å². The summed E-state index contributed by atoms with van der Waals surface area (Å²) >= 11 is 0. The highest BCUT2D eigenvalue weighted by Crippen LogP contribution is 2.32. The van der Waals surface area contributed by atoms with E-state index >= 15 is 0 Å². The molecule has 37 heavy (non-hydrogen) atoms. The van der Waals surface area contributed by atoms with Gasteiger partial charge in [0.2, 0.25) is 0 Å². The molecule has 0 bridgehead atoms. The summed E-state index contributed by atoms with van der Waals surface area (Å²) in [6.07, 6.45) is 2.38. The first-order valence-electron chi connectivity index (χ1n) is 12.8. The summed E-state index contributed by atoms with van der Waals surface area (Å²) in [5.74, 6) is 2.79. The molecule has 0 aromatic heterocycles. The molecule has 0 N–H and O–H groups in total. The largest absolute Gasteiger partial charge is 0.497 e. The van der Waals surface area contributed by atoms with Crippen LogP contribution in [0.4, 0.5) is 0 Å². The third kappa shape index (κ3) is 6.00. The maximum atomic E-state index is 13.4. The lowest BCUT2D eigenvalue weighted by Crippen LogP contribution is -2.52. The maximum absolute atomic E-state index is 13.4. The lowest BCUT2D eigenvalue weighted by molar-refractivity contribution is 0.0571. The first-order chi connectivity index (χ1) is 18.1. The van der Waals surface area contributed by atoms with E-state index in [1.54, 1.807) is 14.2 Å². The smallest absolute Gasteiger partial charge is 0.254 e. The Kier molecular flexibility index (Phi) is 7.80. The van der Waals surface area contributed by atoms with Crippen LogP contribution < -0.4 is 18.9 Å². The van der Waals surface area contributed by atoms with E-state index in [-0.39, 0.29) is 5.91 Å². The van der Waals surface area contributed by atoms with Crippen molar-refractivity contribution in [2.45, 2.75) is 32.1 Å². The molecule has 2 heterocycles. The Morgan fingerprint density at radius 2 is 1.41 bits per heavy atom. The summed E-state index contributed by atoms with van der Waals surface area (Å²) in [6.45, 7) is 4.36. The van der Waals surface area contributed by atoms with Crippen LogP contribution in [0, 0.1) is 0 Å². The van der Waals surface area contributed by atoms with Gasteiger partial charge in [0.25, 0.3) is 5.91 Å². The number of carbonyl (C=O) groups is 1. The molecule has 2 saturated heterocycles. The Labute approximate surface area is 218 Å². The minimum Gasteiger partial charge on any atom is -0.497 e. The minimum atomic E-state index is 0.0440.